The van der Waals surface area contributed by atoms with Gasteiger partial charge < -0.3 is 129 Å². The average molecular weight is 829 g/mol. The van der Waals surface area contributed by atoms with Crippen LogP contribution in [0.1, 0.15) is 0 Å². The van der Waals surface area contributed by atoms with E-state index in [1.165, 1.54) is 0 Å². The molecule has 5 saturated heterocycles. The zero-order valence-corrected chi connectivity index (χ0v) is 29.2. The topological polar surface area (TPSA) is 427 Å². The predicted molar refractivity (Wildman–Crippen MR) is 167 cm³/mol. The molecule has 5 aliphatic heterocycles. The molecule has 0 aromatic heterocycles. The predicted octanol–water partition coefficient (Wildman–Crippen LogP) is -11.9. The normalized spacial score (nSPS) is 53.2. The lowest BCUT2D eigenvalue weighted by molar-refractivity contribution is -0.392. The van der Waals surface area contributed by atoms with Crippen LogP contribution >= 0.6 is 0 Å². The maximum absolute atomic E-state index is 11.1. The summed E-state index contributed by atoms with van der Waals surface area (Å²) in [6.45, 7) is -4.51. The van der Waals surface area contributed by atoms with Gasteiger partial charge in [-0.2, -0.15) is 0 Å². The van der Waals surface area contributed by atoms with Crippen LogP contribution in [-0.4, -0.2) is 273 Å². The lowest BCUT2D eigenvalue weighted by Crippen LogP contribution is -2.68. The van der Waals surface area contributed by atoms with Crippen LogP contribution in [-0.2, 0) is 42.6 Å². The molecule has 0 radical (unpaired) electrons. The first kappa shape index (κ1) is 46.0. The van der Waals surface area contributed by atoms with E-state index in [1.54, 1.807) is 0 Å². The molecule has 5 rings (SSSR count). The van der Waals surface area contributed by atoms with Gasteiger partial charge in [-0.15, -0.1) is 0 Å². The van der Waals surface area contributed by atoms with Crippen LogP contribution in [0.25, 0.3) is 0 Å². The van der Waals surface area contributed by atoms with Gasteiger partial charge in [0.2, 0.25) is 0 Å². The first-order chi connectivity index (χ1) is 26.5. The van der Waals surface area contributed by atoms with Crippen molar-refractivity contribution in [2.75, 3.05) is 33.0 Å². The van der Waals surface area contributed by atoms with Gasteiger partial charge in [0, 0.05) is 0 Å². The molecular weight excluding hydrogens is 776 g/mol. The minimum absolute atomic E-state index is 0.811. The fourth-order valence-electron chi connectivity index (χ4n) is 7.03. The Hall–Kier alpha value is -1.04. The summed E-state index contributed by atoms with van der Waals surface area (Å²) in [4.78, 5) is 0. The molecule has 0 saturated carbocycles. The fraction of sp³-hybridized carbons (Fsp3) is 1.00. The molecule has 17 N–H and O–H groups in total. The lowest BCUT2D eigenvalue weighted by Gasteiger charge is -2.49. The maximum atomic E-state index is 11.1. The average Bonchev–Trinajstić information content (AvgIpc) is 3.19. The molecule has 0 bridgehead atoms. The van der Waals surface area contributed by atoms with Gasteiger partial charge in [0.25, 0.3) is 0 Å². The second-order valence-corrected chi connectivity index (χ2v) is 13.9. The van der Waals surface area contributed by atoms with E-state index in [4.69, 9.17) is 42.6 Å². The molecule has 0 aromatic rings. The van der Waals surface area contributed by atoms with Crippen LogP contribution < -0.4 is 0 Å². The molecule has 0 amide bonds. The molecular formula is C30H52O26. The Kier molecular flexibility index (Phi) is 16.1. The van der Waals surface area contributed by atoms with Crippen molar-refractivity contribution in [2.45, 2.75) is 154 Å². The summed E-state index contributed by atoms with van der Waals surface area (Å²) in [6.07, 6.45) is -45.8. The van der Waals surface area contributed by atoms with Crippen LogP contribution in [0.2, 0.25) is 0 Å². The van der Waals surface area contributed by atoms with Crippen molar-refractivity contribution in [2.24, 2.45) is 0 Å². The van der Waals surface area contributed by atoms with Gasteiger partial charge in [-0.3, -0.25) is 0 Å². The smallest absolute Gasteiger partial charge is 0.187 e. The molecule has 26 nitrogen and oxygen atoms in total. The van der Waals surface area contributed by atoms with E-state index in [-0.39, 0.29) is 0 Å². The Balaban J connectivity index is 1.22. The highest BCUT2D eigenvalue weighted by atomic mass is 16.8. The van der Waals surface area contributed by atoms with Crippen molar-refractivity contribution < 1.29 is 129 Å². The largest absolute Gasteiger partial charge is 0.394 e. The molecule has 5 heterocycles. The highest BCUT2D eigenvalue weighted by Gasteiger charge is 2.56. The highest BCUT2D eigenvalue weighted by molar-refractivity contribution is 4.99. The zero-order chi connectivity index (χ0) is 41.3. The van der Waals surface area contributed by atoms with Crippen LogP contribution in [0.5, 0.6) is 0 Å². The third-order valence-electron chi connectivity index (χ3n) is 10.3. The summed E-state index contributed by atoms with van der Waals surface area (Å²) in [6, 6.07) is 0. The van der Waals surface area contributed by atoms with Gasteiger partial charge in [-0.1, -0.05) is 0 Å². The Bertz CT molecular complexity index is 1200. The Labute approximate surface area is 316 Å². The van der Waals surface area contributed by atoms with Gasteiger partial charge in [-0.25, -0.2) is 0 Å². The van der Waals surface area contributed by atoms with Crippen molar-refractivity contribution in [3.8, 4) is 0 Å². The van der Waals surface area contributed by atoms with Gasteiger partial charge in [0.15, 0.2) is 31.5 Å². The molecule has 5 fully saturated rings. The van der Waals surface area contributed by atoms with Crippen molar-refractivity contribution in [3.05, 3.63) is 0 Å². The van der Waals surface area contributed by atoms with Gasteiger partial charge in [-0.05, 0) is 0 Å². The number of ether oxygens (including phenoxy) is 9. The molecule has 0 aromatic carbocycles. The Morgan fingerprint density at radius 2 is 0.518 bits per heavy atom. The number of hydrogen-bond donors (Lipinski definition) is 17. The van der Waals surface area contributed by atoms with E-state index >= 15 is 0 Å². The molecule has 25 atom stereocenters. The lowest BCUT2D eigenvalue weighted by atomic mass is 9.95. The zero-order valence-electron chi connectivity index (χ0n) is 29.2. The summed E-state index contributed by atoms with van der Waals surface area (Å²) in [5, 5.41) is 176. The van der Waals surface area contributed by atoms with E-state index in [0.717, 1.165) is 0 Å². The molecule has 0 spiro atoms. The van der Waals surface area contributed by atoms with Gasteiger partial charge >= 0.3 is 0 Å². The molecule has 26 heteroatoms. The van der Waals surface area contributed by atoms with E-state index < -0.39 is 187 Å². The summed E-state index contributed by atoms with van der Waals surface area (Å²) in [7, 11) is 0. The second kappa shape index (κ2) is 19.6. The quantitative estimate of drug-likeness (QED) is 0.0819. The van der Waals surface area contributed by atoms with E-state index in [9.17, 15) is 86.8 Å². The minimum atomic E-state index is -2.12. The molecule has 5 aliphatic rings. The molecule has 328 valence electrons. The first-order valence-corrected chi connectivity index (χ1v) is 17.6. The Morgan fingerprint density at radius 3 is 0.821 bits per heavy atom. The van der Waals surface area contributed by atoms with E-state index in [0.29, 0.717) is 0 Å². The third-order valence-corrected chi connectivity index (χ3v) is 10.3. The first-order valence-electron chi connectivity index (χ1n) is 17.6. The fourth-order valence-corrected chi connectivity index (χ4v) is 7.03. The van der Waals surface area contributed by atoms with Crippen molar-refractivity contribution in [1.82, 2.24) is 0 Å². The summed E-state index contributed by atoms with van der Waals surface area (Å²) >= 11 is 0. The maximum Gasteiger partial charge on any atom is 0.187 e. The number of aliphatic hydroxyl groups excluding tert-OH is 17. The summed E-state index contributed by atoms with van der Waals surface area (Å²) in [5.74, 6) is 0. The van der Waals surface area contributed by atoms with Crippen LogP contribution in [0.15, 0.2) is 0 Å². The number of hydrogen-bond acceptors (Lipinski definition) is 26. The van der Waals surface area contributed by atoms with Crippen LogP contribution in [0.3, 0.4) is 0 Å². The number of aliphatic hydroxyl groups is 17. The molecule has 0 unspecified atom stereocenters. The van der Waals surface area contributed by atoms with Crippen molar-refractivity contribution >= 4 is 0 Å². The van der Waals surface area contributed by atoms with Crippen molar-refractivity contribution in [1.29, 1.82) is 0 Å². The monoisotopic (exact) mass is 828 g/mol. The van der Waals surface area contributed by atoms with E-state index in [1.807, 2.05) is 0 Å². The summed E-state index contributed by atoms with van der Waals surface area (Å²) < 4.78 is 49.1. The van der Waals surface area contributed by atoms with Crippen molar-refractivity contribution in [3.63, 3.8) is 0 Å². The summed E-state index contributed by atoms with van der Waals surface area (Å²) in [5.41, 5.74) is 0. The minimum Gasteiger partial charge on any atom is -0.394 e. The SMILES string of the molecule is OC[C@H]1O[C@H](O[C@H]2[C@H](O)[C@@H](O)[C@@H](O[C@H]3[C@H](O)[C@@H](O)[C@@H](O[C@H]4[C@H](O)[C@@H](O)[C@@H](O[C@H]5[C@H](O)[C@@H](O)[C@@H](O)O[C@@H]5CO)O[C@@H]4CO)O[C@@H]3CO)O[C@@H]2CO)[C@H](O)[C@@H](O)[C@@H]1O. The molecule has 0 aliphatic carbocycles. The second-order valence-electron chi connectivity index (χ2n) is 13.9. The van der Waals surface area contributed by atoms with Crippen LogP contribution in [0.4, 0.5) is 0 Å². The van der Waals surface area contributed by atoms with Gasteiger partial charge in [0.1, 0.15) is 122 Å². The highest BCUT2D eigenvalue weighted by Crippen LogP contribution is 2.35. The van der Waals surface area contributed by atoms with E-state index in [2.05, 4.69) is 0 Å². The van der Waals surface area contributed by atoms with Crippen LogP contribution in [0, 0.1) is 0 Å². The number of rotatable bonds is 13. The molecule has 56 heavy (non-hydrogen) atoms. The Morgan fingerprint density at radius 1 is 0.268 bits per heavy atom. The van der Waals surface area contributed by atoms with Gasteiger partial charge in [0.05, 0.1) is 33.0 Å². The standard InChI is InChI=1S/C30H52O26/c31-1-6-11(36)12(37)18(43)27(49-6)54-23-8(3-33)51-29(20(45)14(23)39)56-25-10(5-35)52-30(21(46)16(25)41)55-24-9(4-34)50-28(19(44)15(24)40)53-22-7(2-32)48-26(47)17(42)13(22)38/h6-47H,1-5H2/t6-,7-,8-,9-,10-,11-,12+,13-,14-,15-,16-,17-,18-,19-,20-,21-,22-,23-,24-,25-,26+,27-,28-,29-,30-/m1/s1. The third kappa shape index (κ3) is 9.16.